The standard InChI is InChI=1S/C8H11BBrNO4/c1-6(3-10)9-11(2,4-7(12)14-9)5-8(13)15-9/h3H,4-5H2,1-2H3/b6-3-. The Hall–Kier alpha value is -0.815. The number of halogens is 1. The zero-order valence-electron chi connectivity index (χ0n) is 8.53. The molecule has 2 fully saturated rings. The average Bonchev–Trinajstić information content (AvgIpc) is 2.48. The molecular formula is C8H11BBrNO4. The molecule has 0 atom stereocenters. The largest absolute Gasteiger partial charge is 0.610 e. The summed E-state index contributed by atoms with van der Waals surface area (Å²) in [6, 6.07) is 0. The molecule has 2 aliphatic heterocycles. The van der Waals surface area contributed by atoms with E-state index in [4.69, 9.17) is 9.31 Å². The van der Waals surface area contributed by atoms with E-state index in [2.05, 4.69) is 15.9 Å². The van der Waals surface area contributed by atoms with Crippen LogP contribution in [0.25, 0.3) is 0 Å². The van der Waals surface area contributed by atoms with Crippen molar-refractivity contribution in [2.24, 2.45) is 0 Å². The SMILES string of the molecule is C/C(=C/Br)[B-]12OC(=O)C[N+]1(C)CC(=O)O2. The smallest absolute Gasteiger partial charge is 0.596 e. The van der Waals surface area contributed by atoms with E-state index in [9.17, 15) is 9.59 Å². The molecule has 2 saturated heterocycles. The van der Waals surface area contributed by atoms with Crippen molar-refractivity contribution in [2.75, 3.05) is 20.1 Å². The van der Waals surface area contributed by atoms with E-state index in [0.717, 1.165) is 5.47 Å². The van der Waals surface area contributed by atoms with Crippen LogP contribution in [0.5, 0.6) is 0 Å². The Morgan fingerprint density at radius 3 is 2.27 bits per heavy atom. The fourth-order valence-electron chi connectivity index (χ4n) is 2.35. The summed E-state index contributed by atoms with van der Waals surface area (Å²) in [4.78, 5) is 24.3. The molecule has 82 valence electrons. The number of allylic oxidation sites excluding steroid dienone is 1. The molecule has 0 bridgehead atoms. The van der Waals surface area contributed by atoms with E-state index in [1.807, 2.05) is 0 Å². The predicted octanol–water partition coefficient (Wildman–Crippen LogP) is 0.323. The Kier molecular flexibility index (Phi) is 2.20. The molecule has 7 heteroatoms. The lowest BCUT2D eigenvalue weighted by Crippen LogP contribution is -2.61. The molecule has 0 radical (unpaired) electrons. The normalized spacial score (nSPS) is 40.1. The van der Waals surface area contributed by atoms with Crippen molar-refractivity contribution >= 4 is 34.6 Å². The summed E-state index contributed by atoms with van der Waals surface area (Å²) in [6.45, 7) is 0.155. The fourth-order valence-corrected chi connectivity index (χ4v) is 2.69. The highest BCUT2D eigenvalue weighted by atomic mass is 79.9. The van der Waals surface area contributed by atoms with Gasteiger partial charge in [0.25, 0.3) is 0 Å². The number of rotatable bonds is 1. The number of hydrogen-bond donors (Lipinski definition) is 0. The van der Waals surface area contributed by atoms with Crippen LogP contribution >= 0.6 is 15.9 Å². The minimum absolute atomic E-state index is 0.184. The summed E-state index contributed by atoms with van der Waals surface area (Å²) in [7, 11) is 1.80. The van der Waals surface area contributed by atoms with Crippen LogP contribution in [0.3, 0.4) is 0 Å². The van der Waals surface area contributed by atoms with Gasteiger partial charge in [0, 0.05) is 7.05 Å². The van der Waals surface area contributed by atoms with Gasteiger partial charge < -0.3 is 13.7 Å². The molecule has 0 N–H and O–H groups in total. The molecule has 2 aliphatic rings. The molecule has 2 heterocycles. The van der Waals surface area contributed by atoms with Crippen LogP contribution in [0.4, 0.5) is 0 Å². The minimum atomic E-state index is -1.99. The maximum atomic E-state index is 11.3. The van der Waals surface area contributed by atoms with Gasteiger partial charge in [-0.1, -0.05) is 28.3 Å². The zero-order chi connectivity index (χ0) is 11.3. The van der Waals surface area contributed by atoms with Crippen LogP contribution in [-0.4, -0.2) is 43.2 Å². The Morgan fingerprint density at radius 1 is 1.40 bits per heavy atom. The first-order chi connectivity index (χ1) is 6.93. The van der Waals surface area contributed by atoms with Gasteiger partial charge in [-0.25, -0.2) is 0 Å². The summed E-state index contributed by atoms with van der Waals surface area (Å²) in [5.41, 5.74) is 0.731. The van der Waals surface area contributed by atoms with E-state index in [-0.39, 0.29) is 29.4 Å². The quantitative estimate of drug-likeness (QED) is 0.647. The molecule has 0 aromatic heterocycles. The van der Waals surface area contributed by atoms with Gasteiger partial charge in [-0.3, -0.25) is 9.59 Å². The summed E-state index contributed by atoms with van der Waals surface area (Å²) in [5, 5.41) is 0. The van der Waals surface area contributed by atoms with E-state index in [0.29, 0.717) is 0 Å². The van der Waals surface area contributed by atoms with Crippen molar-refractivity contribution in [3.63, 3.8) is 0 Å². The Bertz CT molecular complexity index is 361. The number of hydrogen-bond acceptors (Lipinski definition) is 4. The lowest BCUT2D eigenvalue weighted by Gasteiger charge is -2.40. The average molecular weight is 276 g/mol. The zero-order valence-corrected chi connectivity index (χ0v) is 10.1. The van der Waals surface area contributed by atoms with Gasteiger partial charge in [-0.2, -0.15) is 0 Å². The number of nitrogens with zero attached hydrogens (tertiary/aromatic N) is 1. The van der Waals surface area contributed by atoms with Gasteiger partial charge in [0.05, 0.1) is 0 Å². The number of quaternary nitrogens is 1. The molecule has 15 heavy (non-hydrogen) atoms. The second-order valence-corrected chi connectivity index (χ2v) is 4.76. The Morgan fingerprint density at radius 2 is 1.87 bits per heavy atom. The Balaban J connectivity index is 2.51. The highest BCUT2D eigenvalue weighted by molar-refractivity contribution is 9.11. The Labute approximate surface area is 95.7 Å². The minimum Gasteiger partial charge on any atom is -0.596 e. The number of likely N-dealkylation sites (N-methyl/N-ethyl adjacent to an activating group) is 1. The third kappa shape index (κ3) is 1.26. The molecule has 0 spiro atoms. The van der Waals surface area contributed by atoms with E-state index in [1.165, 1.54) is 0 Å². The second kappa shape index (κ2) is 3.09. The maximum absolute atomic E-state index is 11.3. The highest BCUT2D eigenvalue weighted by Gasteiger charge is 2.65. The molecule has 0 amide bonds. The fraction of sp³-hybridized carbons (Fsp3) is 0.500. The van der Waals surface area contributed by atoms with Crippen molar-refractivity contribution in [1.29, 1.82) is 0 Å². The third-order valence-electron chi connectivity index (χ3n) is 3.13. The van der Waals surface area contributed by atoms with Gasteiger partial charge >= 0.3 is 18.6 Å². The molecule has 0 aromatic rings. The third-order valence-corrected chi connectivity index (χ3v) is 3.85. The molecular weight excluding hydrogens is 265 g/mol. The maximum Gasteiger partial charge on any atom is 0.610 e. The topological polar surface area (TPSA) is 52.6 Å². The van der Waals surface area contributed by atoms with Gasteiger partial charge in [-0.15, -0.1) is 0 Å². The molecule has 0 saturated carbocycles. The van der Waals surface area contributed by atoms with E-state index >= 15 is 0 Å². The second-order valence-electron chi connectivity index (χ2n) is 4.30. The molecule has 0 aliphatic carbocycles. The van der Waals surface area contributed by atoms with Crippen molar-refractivity contribution in [1.82, 2.24) is 0 Å². The molecule has 2 rings (SSSR count). The van der Waals surface area contributed by atoms with E-state index in [1.54, 1.807) is 19.0 Å². The summed E-state index contributed by atoms with van der Waals surface area (Å²) >= 11 is 3.18. The first-order valence-corrected chi connectivity index (χ1v) is 5.54. The lowest BCUT2D eigenvalue weighted by molar-refractivity contribution is -0.792. The highest BCUT2D eigenvalue weighted by Crippen LogP contribution is 2.38. The summed E-state index contributed by atoms with van der Waals surface area (Å²) < 4.78 is 10.7. The molecule has 0 aromatic carbocycles. The van der Waals surface area contributed by atoms with Crippen LogP contribution in [-0.2, 0) is 18.9 Å². The first-order valence-electron chi connectivity index (χ1n) is 4.63. The van der Waals surface area contributed by atoms with Crippen LogP contribution in [0.1, 0.15) is 6.92 Å². The van der Waals surface area contributed by atoms with E-state index < -0.39 is 6.69 Å². The van der Waals surface area contributed by atoms with Crippen LogP contribution < -0.4 is 0 Å². The van der Waals surface area contributed by atoms with Crippen LogP contribution in [0.15, 0.2) is 10.5 Å². The van der Waals surface area contributed by atoms with Gasteiger partial charge in [0.1, 0.15) is 13.1 Å². The molecule has 5 nitrogen and oxygen atoms in total. The van der Waals surface area contributed by atoms with Gasteiger partial charge in [-0.05, 0) is 4.99 Å². The first kappa shape index (κ1) is 10.7. The van der Waals surface area contributed by atoms with Crippen molar-refractivity contribution < 1.29 is 23.3 Å². The van der Waals surface area contributed by atoms with Crippen LogP contribution in [0, 0.1) is 0 Å². The van der Waals surface area contributed by atoms with Gasteiger partial charge in [0.15, 0.2) is 0 Å². The number of carbonyl (C=O) groups is 2. The number of carbonyl (C=O) groups excluding carboxylic acids is 2. The van der Waals surface area contributed by atoms with Crippen molar-refractivity contribution in [2.45, 2.75) is 6.92 Å². The number of fused-ring (bicyclic) bond motifs is 1. The van der Waals surface area contributed by atoms with Gasteiger partial charge in [0.2, 0.25) is 0 Å². The monoisotopic (exact) mass is 275 g/mol. The van der Waals surface area contributed by atoms with Crippen molar-refractivity contribution in [3.05, 3.63) is 10.5 Å². The predicted molar refractivity (Wildman–Crippen MR) is 56.5 cm³/mol. The van der Waals surface area contributed by atoms with Crippen molar-refractivity contribution in [3.8, 4) is 0 Å². The van der Waals surface area contributed by atoms with Crippen LogP contribution in [0.2, 0.25) is 0 Å². The summed E-state index contributed by atoms with van der Waals surface area (Å²) in [5.74, 6) is -0.641. The summed E-state index contributed by atoms with van der Waals surface area (Å²) in [6.07, 6.45) is 0. The molecule has 0 unspecified atom stereocenters. The lowest BCUT2D eigenvalue weighted by atomic mass is 9.62.